The van der Waals surface area contributed by atoms with Gasteiger partial charge in [-0.3, -0.25) is 4.79 Å². The minimum Gasteiger partial charge on any atom is -0.348 e. The third-order valence-electron chi connectivity index (χ3n) is 4.01. The summed E-state index contributed by atoms with van der Waals surface area (Å²) in [4.78, 5) is 12.5. The fourth-order valence-electron chi connectivity index (χ4n) is 2.58. The van der Waals surface area contributed by atoms with E-state index in [-0.39, 0.29) is 5.91 Å². The summed E-state index contributed by atoms with van der Waals surface area (Å²) in [7, 11) is 0. The Kier molecular flexibility index (Phi) is 4.67. The van der Waals surface area contributed by atoms with Crippen molar-refractivity contribution in [2.75, 3.05) is 0 Å². The predicted molar refractivity (Wildman–Crippen MR) is 95.7 cm³/mol. The van der Waals surface area contributed by atoms with Crippen molar-refractivity contribution in [2.24, 2.45) is 0 Å². The molecule has 0 unspecified atom stereocenters. The minimum absolute atomic E-state index is 0.135. The molecule has 0 atom stereocenters. The Morgan fingerprint density at radius 2 is 1.96 bits per heavy atom. The number of nitrogens with one attached hydrogen (secondary N) is 1. The summed E-state index contributed by atoms with van der Waals surface area (Å²) in [6, 6.07) is 15.4. The SMILES string of the molecule is Cc1ccccc1CNC(=O)c1cnn(-c2cccc(Cl)c2)c1C. The molecule has 0 spiro atoms. The molecule has 0 aliphatic heterocycles. The third kappa shape index (κ3) is 3.34. The van der Waals surface area contributed by atoms with Crippen LogP contribution in [0.2, 0.25) is 5.02 Å². The van der Waals surface area contributed by atoms with Gasteiger partial charge in [0.2, 0.25) is 0 Å². The Bertz CT molecular complexity index is 886. The van der Waals surface area contributed by atoms with Crippen LogP contribution in [-0.4, -0.2) is 15.7 Å². The van der Waals surface area contributed by atoms with E-state index in [9.17, 15) is 4.79 Å². The van der Waals surface area contributed by atoms with Crippen molar-refractivity contribution < 1.29 is 4.79 Å². The number of amides is 1. The summed E-state index contributed by atoms with van der Waals surface area (Å²) in [5.74, 6) is -0.135. The highest BCUT2D eigenvalue weighted by Gasteiger charge is 2.15. The average Bonchev–Trinajstić information content (AvgIpc) is 2.95. The maximum Gasteiger partial charge on any atom is 0.255 e. The summed E-state index contributed by atoms with van der Waals surface area (Å²) in [5, 5.41) is 7.91. The lowest BCUT2D eigenvalue weighted by Gasteiger charge is -2.08. The highest BCUT2D eigenvalue weighted by molar-refractivity contribution is 6.30. The highest BCUT2D eigenvalue weighted by Crippen LogP contribution is 2.18. The standard InChI is InChI=1S/C19H18ClN3O/c1-13-6-3-4-7-15(13)11-21-19(24)18-12-22-23(14(18)2)17-9-5-8-16(20)10-17/h3-10,12H,11H2,1-2H3,(H,21,24). The molecule has 0 radical (unpaired) electrons. The lowest BCUT2D eigenvalue weighted by atomic mass is 10.1. The van der Waals surface area contributed by atoms with Gasteiger partial charge in [-0.2, -0.15) is 5.10 Å². The molecule has 3 rings (SSSR count). The largest absolute Gasteiger partial charge is 0.348 e. The monoisotopic (exact) mass is 339 g/mol. The van der Waals surface area contributed by atoms with E-state index in [2.05, 4.69) is 10.4 Å². The first kappa shape index (κ1) is 16.3. The van der Waals surface area contributed by atoms with Crippen LogP contribution in [0, 0.1) is 13.8 Å². The van der Waals surface area contributed by atoms with E-state index in [0.717, 1.165) is 22.5 Å². The van der Waals surface area contributed by atoms with Gasteiger partial charge in [-0.15, -0.1) is 0 Å². The summed E-state index contributed by atoms with van der Waals surface area (Å²) in [6.45, 7) is 4.40. The number of nitrogens with zero attached hydrogens (tertiary/aromatic N) is 2. The van der Waals surface area contributed by atoms with Gasteiger partial charge in [-0.1, -0.05) is 41.9 Å². The molecule has 0 bridgehead atoms. The fourth-order valence-corrected chi connectivity index (χ4v) is 2.76. The van der Waals surface area contributed by atoms with E-state index in [4.69, 9.17) is 11.6 Å². The number of hydrogen-bond donors (Lipinski definition) is 1. The summed E-state index contributed by atoms with van der Waals surface area (Å²) < 4.78 is 1.72. The van der Waals surface area contributed by atoms with Crippen molar-refractivity contribution in [3.05, 3.63) is 82.1 Å². The molecule has 3 aromatic rings. The Labute approximate surface area is 146 Å². The Morgan fingerprint density at radius 3 is 2.71 bits per heavy atom. The molecule has 24 heavy (non-hydrogen) atoms. The number of benzene rings is 2. The van der Waals surface area contributed by atoms with Crippen molar-refractivity contribution >= 4 is 17.5 Å². The normalized spacial score (nSPS) is 10.6. The van der Waals surface area contributed by atoms with E-state index >= 15 is 0 Å². The molecule has 4 nitrogen and oxygen atoms in total. The van der Waals surface area contributed by atoms with Crippen LogP contribution in [-0.2, 0) is 6.54 Å². The average molecular weight is 340 g/mol. The van der Waals surface area contributed by atoms with Crippen LogP contribution in [0.25, 0.3) is 5.69 Å². The predicted octanol–water partition coefficient (Wildman–Crippen LogP) is 4.07. The maximum absolute atomic E-state index is 12.5. The van der Waals surface area contributed by atoms with E-state index in [1.165, 1.54) is 0 Å². The van der Waals surface area contributed by atoms with Gasteiger partial charge in [0.1, 0.15) is 0 Å². The minimum atomic E-state index is -0.135. The van der Waals surface area contributed by atoms with Gasteiger partial charge in [0, 0.05) is 11.6 Å². The lowest BCUT2D eigenvalue weighted by molar-refractivity contribution is 0.0950. The van der Waals surface area contributed by atoms with Crippen LogP contribution in [0.4, 0.5) is 0 Å². The molecule has 122 valence electrons. The number of aryl methyl sites for hydroxylation is 1. The Balaban J connectivity index is 1.78. The molecule has 5 heteroatoms. The van der Waals surface area contributed by atoms with Gasteiger partial charge >= 0.3 is 0 Å². The second-order valence-electron chi connectivity index (χ2n) is 5.64. The first-order chi connectivity index (χ1) is 11.6. The second-order valence-corrected chi connectivity index (χ2v) is 6.08. The van der Waals surface area contributed by atoms with Crippen LogP contribution in [0.1, 0.15) is 27.2 Å². The number of carbonyl (C=O) groups is 1. The Hall–Kier alpha value is -2.59. The van der Waals surface area contributed by atoms with E-state index in [0.29, 0.717) is 17.1 Å². The number of hydrogen-bond acceptors (Lipinski definition) is 2. The first-order valence-corrected chi connectivity index (χ1v) is 8.07. The molecular formula is C19H18ClN3O. The first-order valence-electron chi connectivity index (χ1n) is 7.69. The fraction of sp³-hybridized carbons (Fsp3) is 0.158. The lowest BCUT2D eigenvalue weighted by Crippen LogP contribution is -2.23. The van der Waals surface area contributed by atoms with Crippen LogP contribution < -0.4 is 5.32 Å². The summed E-state index contributed by atoms with van der Waals surface area (Å²) >= 11 is 6.03. The number of rotatable bonds is 4. The van der Waals surface area contributed by atoms with Crippen LogP contribution in [0.5, 0.6) is 0 Å². The van der Waals surface area contributed by atoms with Gasteiger partial charge < -0.3 is 5.32 Å². The number of halogens is 1. The molecular weight excluding hydrogens is 322 g/mol. The van der Waals surface area contributed by atoms with Gasteiger partial charge in [0.15, 0.2) is 0 Å². The quantitative estimate of drug-likeness (QED) is 0.778. The van der Waals surface area contributed by atoms with Gasteiger partial charge in [-0.05, 0) is 43.2 Å². The molecule has 2 aromatic carbocycles. The zero-order chi connectivity index (χ0) is 17.1. The van der Waals surface area contributed by atoms with Gasteiger partial charge in [0.05, 0.1) is 23.1 Å². The van der Waals surface area contributed by atoms with Crippen LogP contribution in [0.3, 0.4) is 0 Å². The second kappa shape index (κ2) is 6.89. The molecule has 1 heterocycles. The zero-order valence-corrected chi connectivity index (χ0v) is 14.3. The summed E-state index contributed by atoms with van der Waals surface area (Å²) in [6.07, 6.45) is 1.59. The third-order valence-corrected chi connectivity index (χ3v) is 4.24. The van der Waals surface area contributed by atoms with Crippen molar-refractivity contribution in [1.82, 2.24) is 15.1 Å². The zero-order valence-electron chi connectivity index (χ0n) is 13.6. The molecule has 1 N–H and O–H groups in total. The summed E-state index contributed by atoms with van der Waals surface area (Å²) in [5.41, 5.74) is 4.43. The van der Waals surface area contributed by atoms with Gasteiger partial charge in [-0.25, -0.2) is 4.68 Å². The number of carbonyl (C=O) groups excluding carboxylic acids is 1. The molecule has 0 aliphatic rings. The molecule has 0 aliphatic carbocycles. The van der Waals surface area contributed by atoms with Crippen molar-refractivity contribution in [3.63, 3.8) is 0 Å². The van der Waals surface area contributed by atoms with E-state index in [1.807, 2.05) is 56.3 Å². The molecule has 1 aromatic heterocycles. The van der Waals surface area contributed by atoms with Crippen molar-refractivity contribution in [1.29, 1.82) is 0 Å². The molecule has 1 amide bonds. The smallest absolute Gasteiger partial charge is 0.255 e. The van der Waals surface area contributed by atoms with Crippen LogP contribution in [0.15, 0.2) is 54.7 Å². The van der Waals surface area contributed by atoms with E-state index in [1.54, 1.807) is 16.9 Å². The molecule has 0 saturated carbocycles. The van der Waals surface area contributed by atoms with Crippen LogP contribution >= 0.6 is 11.6 Å². The van der Waals surface area contributed by atoms with Crippen molar-refractivity contribution in [2.45, 2.75) is 20.4 Å². The van der Waals surface area contributed by atoms with Gasteiger partial charge in [0.25, 0.3) is 5.91 Å². The van der Waals surface area contributed by atoms with Crippen molar-refractivity contribution in [3.8, 4) is 5.69 Å². The molecule has 0 saturated heterocycles. The topological polar surface area (TPSA) is 46.9 Å². The maximum atomic E-state index is 12.5. The van der Waals surface area contributed by atoms with E-state index < -0.39 is 0 Å². The number of aromatic nitrogens is 2. The highest BCUT2D eigenvalue weighted by atomic mass is 35.5. The Morgan fingerprint density at radius 1 is 1.17 bits per heavy atom. The molecule has 0 fully saturated rings.